The normalized spacial score (nSPS) is 10.5. The van der Waals surface area contributed by atoms with E-state index >= 15 is 0 Å². The van der Waals surface area contributed by atoms with E-state index in [0.717, 1.165) is 13.0 Å². The van der Waals surface area contributed by atoms with Gasteiger partial charge in [-0.05, 0) is 17.6 Å². The molecule has 0 bridgehead atoms. The first-order valence-corrected chi connectivity index (χ1v) is 4.66. The summed E-state index contributed by atoms with van der Waals surface area (Å²) in [6, 6.07) is 2.00. The smallest absolute Gasteiger partial charge is 0.239 e. The van der Waals surface area contributed by atoms with Gasteiger partial charge in [-0.2, -0.15) is 0 Å². The van der Waals surface area contributed by atoms with E-state index < -0.39 is 0 Å². The summed E-state index contributed by atoms with van der Waals surface area (Å²) in [5.41, 5.74) is 5.37. The van der Waals surface area contributed by atoms with Gasteiger partial charge in [0.2, 0.25) is 5.95 Å². The lowest BCUT2D eigenvalue weighted by molar-refractivity contribution is 0.619. The number of nitrogen functional groups attached to an aromatic ring is 1. The third-order valence-corrected chi connectivity index (χ3v) is 2.43. The van der Waals surface area contributed by atoms with E-state index in [9.17, 15) is 0 Å². The Morgan fingerprint density at radius 3 is 3.08 bits per heavy atom. The molecular formula is C7H9N5S. The fourth-order valence-corrected chi connectivity index (χ4v) is 1.57. The maximum Gasteiger partial charge on any atom is 0.239 e. The number of nitrogens with two attached hydrogens (primary N) is 1. The second kappa shape index (κ2) is 3.53. The minimum atomic E-state index is 0.323. The Morgan fingerprint density at radius 2 is 2.46 bits per heavy atom. The van der Waals surface area contributed by atoms with Crippen LogP contribution in [0.3, 0.4) is 0 Å². The van der Waals surface area contributed by atoms with Gasteiger partial charge in [-0.25, -0.2) is 9.36 Å². The minimum absolute atomic E-state index is 0.323. The number of aryl methyl sites for hydroxylation is 2. The van der Waals surface area contributed by atoms with Crippen LogP contribution in [0.25, 0.3) is 0 Å². The number of nitrogens with zero attached hydrogens (tertiary/aromatic N) is 4. The Bertz CT molecular complexity index is 366. The van der Waals surface area contributed by atoms with Crippen molar-refractivity contribution in [2.24, 2.45) is 0 Å². The van der Waals surface area contributed by atoms with Crippen LogP contribution in [0.4, 0.5) is 5.95 Å². The first-order chi connectivity index (χ1) is 6.34. The molecule has 2 rings (SSSR count). The standard InChI is InChI=1S/C7H9N5S/c8-7-9-5-12(11-7)4-2-6-1-3-10-13-6/h1,3,5H,2,4H2,(H2,8,11). The molecular weight excluding hydrogens is 186 g/mol. The third-order valence-electron chi connectivity index (χ3n) is 1.63. The van der Waals surface area contributed by atoms with Gasteiger partial charge in [0.25, 0.3) is 0 Å². The number of anilines is 1. The monoisotopic (exact) mass is 195 g/mol. The average Bonchev–Trinajstić information content (AvgIpc) is 2.71. The van der Waals surface area contributed by atoms with Crippen molar-refractivity contribution in [2.45, 2.75) is 13.0 Å². The molecule has 13 heavy (non-hydrogen) atoms. The van der Waals surface area contributed by atoms with Gasteiger partial charge >= 0.3 is 0 Å². The van der Waals surface area contributed by atoms with Crippen molar-refractivity contribution >= 4 is 17.5 Å². The van der Waals surface area contributed by atoms with E-state index in [0.29, 0.717) is 5.95 Å². The SMILES string of the molecule is Nc1ncn(CCc2ccns2)n1. The second-order valence-electron chi connectivity index (χ2n) is 2.59. The molecule has 0 radical (unpaired) electrons. The van der Waals surface area contributed by atoms with Crippen LogP contribution < -0.4 is 5.73 Å². The van der Waals surface area contributed by atoms with Crippen LogP contribution >= 0.6 is 11.5 Å². The fraction of sp³-hybridized carbons (Fsp3) is 0.286. The van der Waals surface area contributed by atoms with Crippen molar-refractivity contribution in [3.8, 4) is 0 Å². The Labute approximate surface area is 79.4 Å². The van der Waals surface area contributed by atoms with Crippen LogP contribution in [0.15, 0.2) is 18.6 Å². The van der Waals surface area contributed by atoms with Gasteiger partial charge in [0.05, 0.1) is 0 Å². The fourth-order valence-electron chi connectivity index (χ4n) is 1.01. The van der Waals surface area contributed by atoms with Crippen LogP contribution in [0.1, 0.15) is 4.88 Å². The molecule has 0 aromatic carbocycles. The van der Waals surface area contributed by atoms with Crippen molar-refractivity contribution in [1.82, 2.24) is 19.1 Å². The second-order valence-corrected chi connectivity index (χ2v) is 3.51. The lowest BCUT2D eigenvalue weighted by atomic mass is 10.3. The largest absolute Gasteiger partial charge is 0.367 e. The van der Waals surface area contributed by atoms with Gasteiger partial charge in [-0.3, -0.25) is 4.68 Å². The predicted molar refractivity (Wildman–Crippen MR) is 50.3 cm³/mol. The number of hydrogen-bond acceptors (Lipinski definition) is 5. The molecule has 0 aliphatic carbocycles. The Morgan fingerprint density at radius 1 is 1.54 bits per heavy atom. The summed E-state index contributed by atoms with van der Waals surface area (Å²) in [4.78, 5) is 5.08. The highest BCUT2D eigenvalue weighted by Gasteiger charge is 1.98. The molecule has 0 amide bonds. The van der Waals surface area contributed by atoms with E-state index in [1.165, 1.54) is 16.4 Å². The Hall–Kier alpha value is -1.43. The van der Waals surface area contributed by atoms with E-state index in [1.54, 1.807) is 17.2 Å². The predicted octanol–water partition coefficient (Wildman–Crippen LogP) is 0.559. The zero-order chi connectivity index (χ0) is 9.10. The molecule has 0 fully saturated rings. The van der Waals surface area contributed by atoms with Gasteiger partial charge in [0.15, 0.2) is 0 Å². The minimum Gasteiger partial charge on any atom is -0.367 e. The summed E-state index contributed by atoms with van der Waals surface area (Å²) >= 11 is 1.51. The number of hydrogen-bond donors (Lipinski definition) is 1. The van der Waals surface area contributed by atoms with Crippen molar-refractivity contribution < 1.29 is 0 Å². The van der Waals surface area contributed by atoms with Crippen molar-refractivity contribution in [2.75, 3.05) is 5.73 Å². The summed E-state index contributed by atoms with van der Waals surface area (Å²) in [6.07, 6.45) is 4.36. The van der Waals surface area contributed by atoms with E-state index in [2.05, 4.69) is 14.5 Å². The topological polar surface area (TPSA) is 69.6 Å². The molecule has 0 saturated heterocycles. The molecule has 0 saturated carbocycles. The first kappa shape index (κ1) is 8.18. The van der Waals surface area contributed by atoms with Crippen LogP contribution in [0, 0.1) is 0 Å². The average molecular weight is 195 g/mol. The maximum atomic E-state index is 5.37. The lowest BCUT2D eigenvalue weighted by Gasteiger charge is -1.96. The highest BCUT2D eigenvalue weighted by molar-refractivity contribution is 7.05. The molecule has 2 heterocycles. The molecule has 0 aliphatic rings. The highest BCUT2D eigenvalue weighted by Crippen LogP contribution is 2.06. The molecule has 2 aromatic rings. The van der Waals surface area contributed by atoms with Gasteiger partial charge in [0, 0.05) is 24.0 Å². The molecule has 5 nitrogen and oxygen atoms in total. The zero-order valence-electron chi connectivity index (χ0n) is 6.92. The lowest BCUT2D eigenvalue weighted by Crippen LogP contribution is -2.01. The summed E-state index contributed by atoms with van der Waals surface area (Å²) in [5, 5.41) is 3.98. The zero-order valence-corrected chi connectivity index (χ0v) is 7.74. The molecule has 0 atom stereocenters. The van der Waals surface area contributed by atoms with Crippen LogP contribution in [-0.2, 0) is 13.0 Å². The highest BCUT2D eigenvalue weighted by atomic mass is 32.1. The van der Waals surface area contributed by atoms with Crippen LogP contribution in [-0.4, -0.2) is 19.1 Å². The van der Waals surface area contributed by atoms with Crippen molar-refractivity contribution in [3.05, 3.63) is 23.5 Å². The number of rotatable bonds is 3. The summed E-state index contributed by atoms with van der Waals surface area (Å²) < 4.78 is 5.74. The molecule has 0 unspecified atom stereocenters. The Kier molecular flexibility index (Phi) is 2.22. The molecule has 0 aliphatic heterocycles. The van der Waals surface area contributed by atoms with Crippen LogP contribution in [0.2, 0.25) is 0 Å². The third kappa shape index (κ3) is 2.03. The van der Waals surface area contributed by atoms with Crippen molar-refractivity contribution in [1.29, 1.82) is 0 Å². The summed E-state index contributed by atoms with van der Waals surface area (Å²) in [6.45, 7) is 0.798. The van der Waals surface area contributed by atoms with Crippen molar-refractivity contribution in [3.63, 3.8) is 0 Å². The van der Waals surface area contributed by atoms with Gasteiger partial charge in [-0.15, -0.1) is 5.10 Å². The molecule has 6 heteroatoms. The maximum absolute atomic E-state index is 5.37. The quantitative estimate of drug-likeness (QED) is 0.776. The molecule has 2 aromatic heterocycles. The van der Waals surface area contributed by atoms with Gasteiger partial charge in [-0.1, -0.05) is 0 Å². The van der Waals surface area contributed by atoms with E-state index in [1.807, 2.05) is 6.07 Å². The Balaban J connectivity index is 1.93. The van der Waals surface area contributed by atoms with E-state index in [4.69, 9.17) is 5.73 Å². The summed E-state index contributed by atoms with van der Waals surface area (Å²) in [5.74, 6) is 0.323. The van der Waals surface area contributed by atoms with Crippen LogP contribution in [0.5, 0.6) is 0 Å². The first-order valence-electron chi connectivity index (χ1n) is 3.89. The van der Waals surface area contributed by atoms with Gasteiger partial charge < -0.3 is 5.73 Å². The van der Waals surface area contributed by atoms with E-state index in [-0.39, 0.29) is 0 Å². The molecule has 2 N–H and O–H groups in total. The summed E-state index contributed by atoms with van der Waals surface area (Å²) in [7, 11) is 0. The van der Waals surface area contributed by atoms with Gasteiger partial charge in [0.1, 0.15) is 6.33 Å². The molecule has 68 valence electrons. The number of aromatic nitrogens is 4. The molecule has 0 spiro atoms.